The van der Waals surface area contributed by atoms with Gasteiger partial charge in [-0.25, -0.2) is 9.36 Å². The monoisotopic (exact) mass is 377 g/mol. The first kappa shape index (κ1) is 16.2. The van der Waals surface area contributed by atoms with E-state index in [0.29, 0.717) is 23.1 Å². The number of nitrogens with zero attached hydrogens (tertiary/aromatic N) is 7. The average molecular weight is 377 g/mol. The minimum Gasteiger partial charge on any atom is -0.493 e. The lowest BCUT2D eigenvalue weighted by Crippen LogP contribution is -2.00. The average Bonchev–Trinajstić information content (AvgIpc) is 3.47. The summed E-state index contributed by atoms with van der Waals surface area (Å²) in [6.07, 6.45) is 1.70. The van der Waals surface area contributed by atoms with E-state index >= 15 is 0 Å². The van der Waals surface area contributed by atoms with Crippen molar-refractivity contribution in [2.45, 2.75) is 0 Å². The molecule has 10 nitrogen and oxygen atoms in total. The van der Waals surface area contributed by atoms with Crippen LogP contribution in [0, 0.1) is 0 Å². The Balaban J connectivity index is 1.55. The zero-order chi connectivity index (χ0) is 19.1. The standard InChI is InChI=1S/C18H15N7O3/c1-24-18(20-21-23-24)12-5-3-11(4-6-12)14-9-19-22-25(14)13-7-15(26-2)17-16(8-13)27-10-28-17/h3-9H,10H2,1-2H3. The van der Waals surface area contributed by atoms with Gasteiger partial charge in [0, 0.05) is 30.3 Å². The van der Waals surface area contributed by atoms with Gasteiger partial charge in [-0.15, -0.1) is 10.2 Å². The Morgan fingerprint density at radius 3 is 2.61 bits per heavy atom. The zero-order valence-corrected chi connectivity index (χ0v) is 15.1. The van der Waals surface area contributed by atoms with Crippen LogP contribution in [-0.4, -0.2) is 49.1 Å². The Labute approximate surface area is 159 Å². The van der Waals surface area contributed by atoms with Gasteiger partial charge in [-0.2, -0.15) is 0 Å². The van der Waals surface area contributed by atoms with E-state index in [1.165, 1.54) is 0 Å². The van der Waals surface area contributed by atoms with Crippen LogP contribution in [0.4, 0.5) is 0 Å². The number of ether oxygens (including phenoxy) is 3. The summed E-state index contributed by atoms with van der Waals surface area (Å²) in [5.74, 6) is 2.48. The Morgan fingerprint density at radius 1 is 1.04 bits per heavy atom. The Kier molecular flexibility index (Phi) is 3.68. The third-order valence-electron chi connectivity index (χ3n) is 4.50. The topological polar surface area (TPSA) is 102 Å². The van der Waals surface area contributed by atoms with Crippen molar-refractivity contribution in [3.8, 4) is 45.6 Å². The quantitative estimate of drug-likeness (QED) is 0.531. The maximum absolute atomic E-state index is 5.51. The van der Waals surface area contributed by atoms with E-state index in [2.05, 4.69) is 25.8 Å². The highest BCUT2D eigenvalue weighted by Gasteiger charge is 2.22. The van der Waals surface area contributed by atoms with Gasteiger partial charge in [0.15, 0.2) is 17.3 Å². The molecule has 1 aliphatic rings. The first-order valence-corrected chi connectivity index (χ1v) is 8.46. The summed E-state index contributed by atoms with van der Waals surface area (Å²) in [5, 5.41) is 19.9. The number of benzene rings is 2. The lowest BCUT2D eigenvalue weighted by molar-refractivity contribution is 0.171. The highest BCUT2D eigenvalue weighted by atomic mass is 16.7. The molecule has 0 amide bonds. The molecule has 3 heterocycles. The number of methoxy groups -OCH3 is 1. The number of hydrogen-bond donors (Lipinski definition) is 0. The first-order chi connectivity index (χ1) is 13.7. The molecule has 4 aromatic rings. The molecule has 2 aromatic heterocycles. The molecule has 0 unspecified atom stereocenters. The van der Waals surface area contributed by atoms with E-state index in [1.54, 1.807) is 29.7 Å². The molecular formula is C18H15N7O3. The van der Waals surface area contributed by atoms with Crippen molar-refractivity contribution < 1.29 is 14.2 Å². The molecule has 0 aliphatic carbocycles. The fourth-order valence-corrected chi connectivity index (χ4v) is 3.12. The molecule has 0 atom stereocenters. The van der Waals surface area contributed by atoms with Crippen LogP contribution in [0.1, 0.15) is 0 Å². The fourth-order valence-electron chi connectivity index (χ4n) is 3.12. The van der Waals surface area contributed by atoms with E-state index in [9.17, 15) is 0 Å². The minimum absolute atomic E-state index is 0.164. The second kappa shape index (κ2) is 6.34. The van der Waals surface area contributed by atoms with Gasteiger partial charge in [-0.05, 0) is 10.4 Å². The minimum atomic E-state index is 0.164. The molecular weight excluding hydrogens is 362 g/mol. The fraction of sp³-hybridized carbons (Fsp3) is 0.167. The molecule has 0 saturated heterocycles. The van der Waals surface area contributed by atoms with E-state index in [4.69, 9.17) is 14.2 Å². The highest BCUT2D eigenvalue weighted by molar-refractivity contribution is 5.67. The number of tetrazole rings is 1. The van der Waals surface area contributed by atoms with E-state index < -0.39 is 0 Å². The number of aryl methyl sites for hydroxylation is 1. The summed E-state index contributed by atoms with van der Waals surface area (Å²) in [4.78, 5) is 0. The van der Waals surface area contributed by atoms with Crippen LogP contribution < -0.4 is 14.2 Å². The number of rotatable bonds is 4. The molecule has 0 saturated carbocycles. The summed E-state index contributed by atoms with van der Waals surface area (Å²) in [5.41, 5.74) is 3.44. The van der Waals surface area contributed by atoms with E-state index in [1.807, 2.05) is 36.4 Å². The molecule has 0 radical (unpaired) electrons. The van der Waals surface area contributed by atoms with Crippen molar-refractivity contribution in [1.29, 1.82) is 0 Å². The third-order valence-corrected chi connectivity index (χ3v) is 4.50. The SMILES string of the molecule is COc1cc(-n2nncc2-c2ccc(-c3nnnn3C)cc2)cc2c1OCO2. The van der Waals surface area contributed by atoms with E-state index in [-0.39, 0.29) is 6.79 Å². The van der Waals surface area contributed by atoms with Gasteiger partial charge in [0.25, 0.3) is 0 Å². The van der Waals surface area contributed by atoms with Crippen LogP contribution in [0.2, 0.25) is 0 Å². The Hall–Kier alpha value is -3.95. The van der Waals surface area contributed by atoms with Crippen molar-refractivity contribution >= 4 is 0 Å². The number of hydrogen-bond acceptors (Lipinski definition) is 8. The zero-order valence-electron chi connectivity index (χ0n) is 15.1. The van der Waals surface area contributed by atoms with Gasteiger partial charge in [0.2, 0.25) is 12.5 Å². The predicted molar refractivity (Wildman–Crippen MR) is 97.3 cm³/mol. The second-order valence-electron chi connectivity index (χ2n) is 6.12. The normalized spacial score (nSPS) is 12.4. The lowest BCUT2D eigenvalue weighted by atomic mass is 10.1. The Morgan fingerprint density at radius 2 is 1.86 bits per heavy atom. The van der Waals surface area contributed by atoms with Gasteiger partial charge in [0.05, 0.1) is 24.7 Å². The maximum Gasteiger partial charge on any atom is 0.231 e. The summed E-state index contributed by atoms with van der Waals surface area (Å²) < 4.78 is 19.7. The van der Waals surface area contributed by atoms with Crippen LogP contribution in [-0.2, 0) is 7.05 Å². The molecule has 0 spiro atoms. The second-order valence-corrected chi connectivity index (χ2v) is 6.12. The van der Waals surface area contributed by atoms with Crippen LogP contribution in [0.25, 0.3) is 28.3 Å². The summed E-state index contributed by atoms with van der Waals surface area (Å²) >= 11 is 0. The smallest absolute Gasteiger partial charge is 0.231 e. The molecule has 0 N–H and O–H groups in total. The molecule has 28 heavy (non-hydrogen) atoms. The van der Waals surface area contributed by atoms with Crippen LogP contribution >= 0.6 is 0 Å². The van der Waals surface area contributed by atoms with Gasteiger partial charge in [0.1, 0.15) is 0 Å². The number of aromatic nitrogens is 7. The van der Waals surface area contributed by atoms with E-state index in [0.717, 1.165) is 22.5 Å². The van der Waals surface area contributed by atoms with Gasteiger partial charge < -0.3 is 14.2 Å². The molecule has 1 aliphatic heterocycles. The van der Waals surface area contributed by atoms with Crippen molar-refractivity contribution in [1.82, 2.24) is 35.2 Å². The third kappa shape index (κ3) is 2.54. The highest BCUT2D eigenvalue weighted by Crippen LogP contribution is 2.43. The maximum atomic E-state index is 5.51. The number of fused-ring (bicyclic) bond motifs is 1. The van der Waals surface area contributed by atoms with Gasteiger partial charge in [-0.1, -0.05) is 29.5 Å². The van der Waals surface area contributed by atoms with Crippen LogP contribution in [0.3, 0.4) is 0 Å². The van der Waals surface area contributed by atoms with Gasteiger partial charge in [-0.3, -0.25) is 0 Å². The molecule has 0 bridgehead atoms. The summed E-state index contributed by atoms with van der Waals surface area (Å²) in [6.45, 7) is 0.164. The molecule has 10 heteroatoms. The predicted octanol–water partition coefficient (Wildman–Crippen LogP) is 1.86. The largest absolute Gasteiger partial charge is 0.493 e. The molecule has 5 rings (SSSR count). The van der Waals surface area contributed by atoms with Crippen molar-refractivity contribution in [2.24, 2.45) is 7.05 Å². The molecule has 2 aromatic carbocycles. The Bertz CT molecular complexity index is 1150. The van der Waals surface area contributed by atoms with Gasteiger partial charge >= 0.3 is 0 Å². The summed E-state index contributed by atoms with van der Waals surface area (Å²) in [7, 11) is 3.39. The van der Waals surface area contributed by atoms with Crippen LogP contribution in [0.15, 0.2) is 42.6 Å². The molecule has 0 fully saturated rings. The van der Waals surface area contributed by atoms with Crippen molar-refractivity contribution in [2.75, 3.05) is 13.9 Å². The van der Waals surface area contributed by atoms with Crippen molar-refractivity contribution in [3.05, 3.63) is 42.6 Å². The first-order valence-electron chi connectivity index (χ1n) is 8.46. The van der Waals surface area contributed by atoms with Crippen LogP contribution in [0.5, 0.6) is 17.2 Å². The molecule has 140 valence electrons. The lowest BCUT2D eigenvalue weighted by Gasteiger charge is -2.10. The van der Waals surface area contributed by atoms with Crippen molar-refractivity contribution in [3.63, 3.8) is 0 Å². The summed E-state index contributed by atoms with van der Waals surface area (Å²) in [6, 6.07) is 11.6.